The molecule has 2 N–H and O–H groups in total. The first-order valence-corrected chi connectivity index (χ1v) is 9.31. The zero-order valence-corrected chi connectivity index (χ0v) is 14.4. The second-order valence-corrected chi connectivity index (χ2v) is 7.00. The summed E-state index contributed by atoms with van der Waals surface area (Å²) in [5.74, 6) is -0.00584. The number of hydrogen-bond donors (Lipinski definition) is 2. The van der Waals surface area contributed by atoms with Gasteiger partial charge in [-0.15, -0.1) is 11.3 Å². The number of thiophene rings is 1. The lowest BCUT2D eigenvalue weighted by molar-refractivity contribution is -0.122. The first kappa shape index (κ1) is 16.7. The lowest BCUT2D eigenvalue weighted by atomic mass is 9.87. The van der Waals surface area contributed by atoms with Crippen LogP contribution in [0.5, 0.6) is 0 Å². The van der Waals surface area contributed by atoms with Crippen LogP contribution in [-0.4, -0.2) is 18.4 Å². The molecule has 0 spiro atoms. The maximum Gasteiger partial charge on any atom is 0.261 e. The Hall–Kier alpha value is -2.14. The Labute approximate surface area is 146 Å². The number of benzene rings is 1. The predicted molar refractivity (Wildman–Crippen MR) is 96.1 cm³/mol. The molecule has 1 aromatic carbocycles. The van der Waals surface area contributed by atoms with Crippen molar-refractivity contribution in [3.8, 4) is 0 Å². The van der Waals surface area contributed by atoms with Crippen molar-refractivity contribution < 1.29 is 9.59 Å². The van der Waals surface area contributed by atoms with E-state index >= 15 is 0 Å². The number of rotatable bonds is 6. The molecular formula is C19H22N2O2S. The van der Waals surface area contributed by atoms with Gasteiger partial charge in [-0.05, 0) is 48.3 Å². The zero-order chi connectivity index (χ0) is 16.8. The minimum absolute atomic E-state index is 0.0575. The summed E-state index contributed by atoms with van der Waals surface area (Å²) >= 11 is 1.42. The van der Waals surface area contributed by atoms with Gasteiger partial charge in [0.15, 0.2) is 0 Å². The maximum atomic E-state index is 12.2. The monoisotopic (exact) mass is 342 g/mol. The highest BCUT2D eigenvalue weighted by Gasteiger charge is 2.21. The van der Waals surface area contributed by atoms with E-state index in [0.29, 0.717) is 24.3 Å². The van der Waals surface area contributed by atoms with E-state index in [9.17, 15) is 9.59 Å². The number of nitrogens with one attached hydrogen (secondary N) is 2. The summed E-state index contributed by atoms with van der Waals surface area (Å²) in [5.41, 5.74) is 2.60. The molecule has 4 nitrogen and oxygen atoms in total. The van der Waals surface area contributed by atoms with Crippen molar-refractivity contribution in [1.82, 2.24) is 10.6 Å². The average molecular weight is 342 g/mol. The molecular weight excluding hydrogens is 320 g/mol. The summed E-state index contributed by atoms with van der Waals surface area (Å²) in [4.78, 5) is 24.7. The molecule has 0 saturated carbocycles. The van der Waals surface area contributed by atoms with Crippen molar-refractivity contribution in [3.05, 3.63) is 57.8 Å². The standard InChI is InChI=1S/C19H22N2O2S/c22-18(11-4-12-20-19(23)17-10-5-13-24-17)21-16-9-3-7-14-6-1-2-8-15(14)16/h1-2,5-6,8,10,13,16H,3-4,7,9,11-12H2,(H,20,23)(H,21,22)/t16-/m0/s1. The van der Waals surface area contributed by atoms with E-state index in [0.717, 1.165) is 19.3 Å². The minimum Gasteiger partial charge on any atom is -0.351 e. The largest absolute Gasteiger partial charge is 0.351 e. The molecule has 1 aliphatic rings. The molecule has 0 bridgehead atoms. The van der Waals surface area contributed by atoms with E-state index < -0.39 is 0 Å². The van der Waals surface area contributed by atoms with Gasteiger partial charge < -0.3 is 10.6 Å². The topological polar surface area (TPSA) is 58.2 Å². The number of hydrogen-bond acceptors (Lipinski definition) is 3. The normalized spacial score (nSPS) is 16.2. The Morgan fingerprint density at radius 2 is 2.04 bits per heavy atom. The molecule has 0 saturated heterocycles. The summed E-state index contributed by atoms with van der Waals surface area (Å²) in [5, 5.41) is 7.87. The van der Waals surface area contributed by atoms with Crippen molar-refractivity contribution in [2.45, 2.75) is 38.1 Å². The van der Waals surface area contributed by atoms with Gasteiger partial charge in [0.05, 0.1) is 10.9 Å². The highest BCUT2D eigenvalue weighted by molar-refractivity contribution is 7.12. The number of amides is 2. The van der Waals surface area contributed by atoms with Crippen LogP contribution in [0.3, 0.4) is 0 Å². The van der Waals surface area contributed by atoms with E-state index in [1.165, 1.54) is 22.5 Å². The van der Waals surface area contributed by atoms with Crippen LogP contribution in [-0.2, 0) is 11.2 Å². The lowest BCUT2D eigenvalue weighted by Crippen LogP contribution is -2.31. The first-order valence-electron chi connectivity index (χ1n) is 8.43. The smallest absolute Gasteiger partial charge is 0.261 e. The van der Waals surface area contributed by atoms with E-state index in [-0.39, 0.29) is 17.9 Å². The van der Waals surface area contributed by atoms with Crippen LogP contribution in [0, 0.1) is 0 Å². The fraction of sp³-hybridized carbons (Fsp3) is 0.368. The van der Waals surface area contributed by atoms with Crippen LogP contribution in [0.1, 0.15) is 52.5 Å². The third kappa shape index (κ3) is 4.23. The number of aryl methyl sites for hydroxylation is 1. The van der Waals surface area contributed by atoms with Crippen LogP contribution < -0.4 is 10.6 Å². The van der Waals surface area contributed by atoms with Gasteiger partial charge in [-0.25, -0.2) is 0 Å². The van der Waals surface area contributed by atoms with Gasteiger partial charge in [0.25, 0.3) is 5.91 Å². The fourth-order valence-electron chi connectivity index (χ4n) is 3.12. The van der Waals surface area contributed by atoms with Crippen LogP contribution >= 0.6 is 11.3 Å². The van der Waals surface area contributed by atoms with Gasteiger partial charge in [0, 0.05) is 13.0 Å². The molecule has 1 aliphatic carbocycles. The minimum atomic E-state index is -0.0633. The van der Waals surface area contributed by atoms with Crippen molar-refractivity contribution in [1.29, 1.82) is 0 Å². The van der Waals surface area contributed by atoms with E-state index in [2.05, 4.69) is 28.8 Å². The van der Waals surface area contributed by atoms with Gasteiger partial charge in [-0.2, -0.15) is 0 Å². The average Bonchev–Trinajstić information content (AvgIpc) is 3.14. The van der Waals surface area contributed by atoms with Crippen molar-refractivity contribution in [3.63, 3.8) is 0 Å². The number of carbonyl (C=O) groups is 2. The molecule has 0 fully saturated rings. The van der Waals surface area contributed by atoms with E-state index in [1.807, 2.05) is 17.5 Å². The Morgan fingerprint density at radius 3 is 2.88 bits per heavy atom. The number of carbonyl (C=O) groups excluding carboxylic acids is 2. The quantitative estimate of drug-likeness (QED) is 0.790. The Kier molecular flexibility index (Phi) is 5.64. The zero-order valence-electron chi connectivity index (χ0n) is 13.6. The van der Waals surface area contributed by atoms with Gasteiger partial charge >= 0.3 is 0 Å². The molecule has 2 aromatic rings. The summed E-state index contributed by atoms with van der Waals surface area (Å²) in [7, 11) is 0. The van der Waals surface area contributed by atoms with Gasteiger partial charge in [-0.3, -0.25) is 9.59 Å². The molecule has 3 rings (SSSR count). The molecule has 5 heteroatoms. The Morgan fingerprint density at radius 1 is 1.17 bits per heavy atom. The van der Waals surface area contributed by atoms with Gasteiger partial charge in [0.2, 0.25) is 5.91 Å². The molecule has 0 aliphatic heterocycles. The fourth-order valence-corrected chi connectivity index (χ4v) is 3.76. The van der Waals surface area contributed by atoms with Crippen molar-refractivity contribution >= 4 is 23.2 Å². The summed E-state index contributed by atoms with van der Waals surface area (Å²) in [6.07, 6.45) is 4.29. The SMILES string of the molecule is O=C(CCCNC(=O)c1cccs1)N[C@H]1CCCc2ccccc21. The van der Waals surface area contributed by atoms with Crippen LogP contribution in [0.25, 0.3) is 0 Å². The third-order valence-electron chi connectivity index (χ3n) is 4.32. The van der Waals surface area contributed by atoms with Crippen LogP contribution in [0.2, 0.25) is 0 Å². The highest BCUT2D eigenvalue weighted by atomic mass is 32.1. The summed E-state index contributed by atoms with van der Waals surface area (Å²) in [6.45, 7) is 0.519. The summed E-state index contributed by atoms with van der Waals surface area (Å²) < 4.78 is 0. The molecule has 0 unspecified atom stereocenters. The van der Waals surface area contributed by atoms with Gasteiger partial charge in [-0.1, -0.05) is 30.3 Å². The lowest BCUT2D eigenvalue weighted by Gasteiger charge is -2.26. The van der Waals surface area contributed by atoms with Crippen LogP contribution in [0.4, 0.5) is 0 Å². The van der Waals surface area contributed by atoms with Gasteiger partial charge in [0.1, 0.15) is 0 Å². The van der Waals surface area contributed by atoms with E-state index in [4.69, 9.17) is 0 Å². The third-order valence-corrected chi connectivity index (χ3v) is 5.18. The molecule has 0 radical (unpaired) electrons. The van der Waals surface area contributed by atoms with Crippen molar-refractivity contribution in [2.24, 2.45) is 0 Å². The van der Waals surface area contributed by atoms with Crippen LogP contribution in [0.15, 0.2) is 41.8 Å². The maximum absolute atomic E-state index is 12.2. The molecule has 1 heterocycles. The second-order valence-electron chi connectivity index (χ2n) is 6.05. The second kappa shape index (κ2) is 8.11. The highest BCUT2D eigenvalue weighted by Crippen LogP contribution is 2.29. The first-order chi connectivity index (χ1) is 11.7. The molecule has 1 atom stereocenters. The summed E-state index contributed by atoms with van der Waals surface area (Å²) in [6, 6.07) is 12.1. The Bertz CT molecular complexity index is 697. The van der Waals surface area contributed by atoms with E-state index in [1.54, 1.807) is 6.07 Å². The Balaban J connectivity index is 1.41. The molecule has 1 aromatic heterocycles. The molecule has 2 amide bonds. The predicted octanol–water partition coefficient (Wildman–Crippen LogP) is 3.45. The molecule has 24 heavy (non-hydrogen) atoms. The number of fused-ring (bicyclic) bond motifs is 1. The molecule has 126 valence electrons. The van der Waals surface area contributed by atoms with Crippen molar-refractivity contribution in [2.75, 3.05) is 6.54 Å².